The maximum absolute atomic E-state index is 13.3. The van der Waals surface area contributed by atoms with Gasteiger partial charge in [0.1, 0.15) is 18.2 Å². The van der Waals surface area contributed by atoms with Crippen LogP contribution in [-0.2, 0) is 0 Å². The third-order valence-electron chi connectivity index (χ3n) is 2.85. The fourth-order valence-corrected chi connectivity index (χ4v) is 2.53. The molecule has 0 aliphatic carbocycles. The third-order valence-corrected chi connectivity index (χ3v) is 3.75. The summed E-state index contributed by atoms with van der Waals surface area (Å²) in [7, 11) is 0. The lowest BCUT2D eigenvalue weighted by Gasteiger charge is -2.27. The number of ether oxygens (including phenoxy) is 1. The lowest BCUT2D eigenvalue weighted by Crippen LogP contribution is -2.44. The molecule has 0 atom stereocenters. The zero-order valence-corrected chi connectivity index (χ0v) is 12.2. The highest BCUT2D eigenvalue weighted by atomic mass is 79.9. The molecule has 2 rings (SSSR count). The zero-order chi connectivity index (χ0) is 13.0. The van der Waals surface area contributed by atoms with Gasteiger partial charge in [0.25, 0.3) is 0 Å². The summed E-state index contributed by atoms with van der Waals surface area (Å²) in [5, 5.41) is 3.71. The Kier molecular flexibility index (Phi) is 5.24. The van der Waals surface area contributed by atoms with Crippen LogP contribution in [-0.4, -0.2) is 44.2 Å². The van der Waals surface area contributed by atoms with Crippen molar-refractivity contribution in [1.82, 2.24) is 10.2 Å². The average Bonchev–Trinajstić information content (AvgIpc) is 2.37. The van der Waals surface area contributed by atoms with Crippen molar-refractivity contribution in [3.8, 4) is 5.75 Å². The summed E-state index contributed by atoms with van der Waals surface area (Å²) in [6, 6.07) is 2.82. The van der Waals surface area contributed by atoms with Crippen molar-refractivity contribution in [1.29, 1.82) is 0 Å². The Hall–Kier alpha value is -0.360. The number of rotatable bonds is 4. The lowest BCUT2D eigenvalue weighted by molar-refractivity contribution is 0.191. The van der Waals surface area contributed by atoms with Gasteiger partial charge < -0.3 is 10.1 Å². The van der Waals surface area contributed by atoms with Gasteiger partial charge in [-0.05, 0) is 22.0 Å². The van der Waals surface area contributed by atoms with Crippen LogP contribution >= 0.6 is 27.5 Å². The molecule has 1 heterocycles. The molecule has 0 unspecified atom stereocenters. The molecular weight excluding hydrogens is 322 g/mol. The predicted molar refractivity (Wildman–Crippen MR) is 73.9 cm³/mol. The van der Waals surface area contributed by atoms with Crippen LogP contribution in [0, 0.1) is 5.82 Å². The van der Waals surface area contributed by atoms with E-state index >= 15 is 0 Å². The van der Waals surface area contributed by atoms with Crippen LogP contribution in [0.2, 0.25) is 5.02 Å². The fraction of sp³-hybridized carbons (Fsp3) is 0.500. The average molecular weight is 338 g/mol. The molecule has 0 spiro atoms. The first-order valence-electron chi connectivity index (χ1n) is 5.87. The molecule has 100 valence electrons. The molecular formula is C12H15BrClFN2O. The van der Waals surface area contributed by atoms with Gasteiger partial charge in [-0.25, -0.2) is 4.39 Å². The SMILES string of the molecule is Fc1cc(OCCN2CCNCC2)c(Cl)cc1Br. The van der Waals surface area contributed by atoms with Crippen molar-refractivity contribution < 1.29 is 9.13 Å². The largest absolute Gasteiger partial charge is 0.491 e. The van der Waals surface area contributed by atoms with Gasteiger partial charge in [-0.3, -0.25) is 4.90 Å². The van der Waals surface area contributed by atoms with Crippen LogP contribution < -0.4 is 10.1 Å². The van der Waals surface area contributed by atoms with Gasteiger partial charge in [-0.1, -0.05) is 11.6 Å². The Morgan fingerprint density at radius 1 is 1.39 bits per heavy atom. The van der Waals surface area contributed by atoms with Crippen LogP contribution in [0.5, 0.6) is 5.75 Å². The van der Waals surface area contributed by atoms with E-state index in [1.165, 1.54) is 12.1 Å². The van der Waals surface area contributed by atoms with E-state index < -0.39 is 0 Å². The smallest absolute Gasteiger partial charge is 0.141 e. The van der Waals surface area contributed by atoms with Gasteiger partial charge in [0.2, 0.25) is 0 Å². The minimum Gasteiger partial charge on any atom is -0.491 e. The number of halogens is 3. The standard InChI is InChI=1S/C12H15BrClFN2O/c13-9-7-10(14)12(8-11(9)15)18-6-5-17-3-1-16-2-4-17/h7-8,16H,1-6H2. The topological polar surface area (TPSA) is 24.5 Å². The molecule has 0 saturated carbocycles. The van der Waals surface area contributed by atoms with E-state index in [9.17, 15) is 4.39 Å². The minimum atomic E-state index is -0.364. The summed E-state index contributed by atoms with van der Waals surface area (Å²) in [6.45, 7) is 5.40. The highest BCUT2D eigenvalue weighted by molar-refractivity contribution is 9.10. The van der Waals surface area contributed by atoms with Crippen LogP contribution in [0.15, 0.2) is 16.6 Å². The van der Waals surface area contributed by atoms with Crippen molar-refractivity contribution in [2.45, 2.75) is 0 Å². The van der Waals surface area contributed by atoms with Crippen LogP contribution in [0.1, 0.15) is 0 Å². The van der Waals surface area contributed by atoms with Crippen molar-refractivity contribution in [3.63, 3.8) is 0 Å². The Balaban J connectivity index is 1.84. The second kappa shape index (κ2) is 6.70. The molecule has 0 bridgehead atoms. The van der Waals surface area contributed by atoms with Gasteiger partial charge in [-0.2, -0.15) is 0 Å². The number of nitrogens with one attached hydrogen (secondary N) is 1. The van der Waals surface area contributed by atoms with Gasteiger partial charge in [0.15, 0.2) is 0 Å². The minimum absolute atomic E-state index is 0.349. The zero-order valence-electron chi connectivity index (χ0n) is 9.89. The van der Waals surface area contributed by atoms with E-state index in [-0.39, 0.29) is 5.82 Å². The number of hydrogen-bond donors (Lipinski definition) is 1. The number of piperazine rings is 1. The van der Waals surface area contributed by atoms with Crippen LogP contribution in [0.25, 0.3) is 0 Å². The van der Waals surface area contributed by atoms with Crippen molar-refractivity contribution in [2.75, 3.05) is 39.3 Å². The normalized spacial score (nSPS) is 16.8. The van der Waals surface area contributed by atoms with E-state index in [4.69, 9.17) is 16.3 Å². The second-order valence-corrected chi connectivity index (χ2v) is 5.40. The molecule has 1 aliphatic rings. The van der Waals surface area contributed by atoms with Gasteiger partial charge in [0, 0.05) is 38.8 Å². The summed E-state index contributed by atoms with van der Waals surface area (Å²) in [5.74, 6) is 0.0315. The molecule has 18 heavy (non-hydrogen) atoms. The molecule has 1 saturated heterocycles. The first kappa shape index (κ1) is 14.1. The van der Waals surface area contributed by atoms with E-state index in [1.807, 2.05) is 0 Å². The molecule has 3 nitrogen and oxygen atoms in total. The molecule has 6 heteroatoms. The van der Waals surface area contributed by atoms with E-state index in [1.54, 1.807) is 0 Å². The number of nitrogens with zero attached hydrogens (tertiary/aromatic N) is 1. The lowest BCUT2D eigenvalue weighted by atomic mass is 10.3. The van der Waals surface area contributed by atoms with Crippen molar-refractivity contribution in [2.24, 2.45) is 0 Å². The van der Waals surface area contributed by atoms with Crippen molar-refractivity contribution in [3.05, 3.63) is 27.4 Å². The molecule has 1 aromatic rings. The first-order chi connectivity index (χ1) is 8.66. The molecule has 1 fully saturated rings. The molecule has 0 amide bonds. The van der Waals surface area contributed by atoms with E-state index in [0.29, 0.717) is 21.9 Å². The maximum Gasteiger partial charge on any atom is 0.141 e. The summed E-state index contributed by atoms with van der Waals surface area (Å²) < 4.78 is 19.2. The number of hydrogen-bond acceptors (Lipinski definition) is 3. The van der Waals surface area contributed by atoms with Crippen molar-refractivity contribution >= 4 is 27.5 Å². The van der Waals surface area contributed by atoms with Gasteiger partial charge in [-0.15, -0.1) is 0 Å². The second-order valence-electron chi connectivity index (χ2n) is 4.14. The Labute approximate surface area is 119 Å². The summed E-state index contributed by atoms with van der Waals surface area (Å²) >= 11 is 9.06. The Bertz CT molecular complexity index is 413. The number of benzene rings is 1. The monoisotopic (exact) mass is 336 g/mol. The summed E-state index contributed by atoms with van der Waals surface area (Å²) in [6.07, 6.45) is 0. The highest BCUT2D eigenvalue weighted by Gasteiger charge is 2.11. The van der Waals surface area contributed by atoms with Crippen LogP contribution in [0.4, 0.5) is 4.39 Å². The predicted octanol–water partition coefficient (Wildman–Crippen LogP) is 2.53. The molecule has 1 aromatic carbocycles. The molecule has 0 radical (unpaired) electrons. The summed E-state index contributed by atoms with van der Waals surface area (Å²) in [5.41, 5.74) is 0. The molecule has 0 aromatic heterocycles. The van der Waals surface area contributed by atoms with Crippen LogP contribution in [0.3, 0.4) is 0 Å². The van der Waals surface area contributed by atoms with Gasteiger partial charge in [0.05, 0.1) is 9.50 Å². The molecule has 1 aliphatic heterocycles. The third kappa shape index (κ3) is 3.82. The summed E-state index contributed by atoms with van der Waals surface area (Å²) in [4.78, 5) is 2.31. The molecule has 1 N–H and O–H groups in total. The quantitative estimate of drug-likeness (QED) is 0.855. The maximum atomic E-state index is 13.3. The fourth-order valence-electron chi connectivity index (χ4n) is 1.83. The highest BCUT2D eigenvalue weighted by Crippen LogP contribution is 2.30. The Morgan fingerprint density at radius 3 is 2.83 bits per heavy atom. The van der Waals surface area contributed by atoms with E-state index in [0.717, 1.165) is 32.7 Å². The van der Waals surface area contributed by atoms with Gasteiger partial charge >= 0.3 is 0 Å². The first-order valence-corrected chi connectivity index (χ1v) is 7.04. The Morgan fingerprint density at radius 2 is 2.11 bits per heavy atom. The van der Waals surface area contributed by atoms with E-state index in [2.05, 4.69) is 26.1 Å².